The highest BCUT2D eigenvalue weighted by atomic mass is 127. The van der Waals surface area contributed by atoms with Gasteiger partial charge < -0.3 is 20.5 Å². The number of aliphatic imine (C=N–C) groups is 1. The molecule has 3 N–H and O–H groups in total. The molecule has 2 rings (SSSR count). The molecule has 27 heavy (non-hydrogen) atoms. The van der Waals surface area contributed by atoms with Crippen molar-refractivity contribution in [3.63, 3.8) is 0 Å². The number of guanidine groups is 1. The Bertz CT molecular complexity index is 739. The second-order valence-electron chi connectivity index (χ2n) is 5.87. The fourth-order valence-corrected chi connectivity index (χ4v) is 3.57. The maximum Gasteiger partial charge on any atom is 0.191 e. The zero-order valence-corrected chi connectivity index (χ0v) is 19.7. The molecule has 1 aromatic carbocycles. The molecule has 2 aromatic rings. The molecule has 0 aliphatic carbocycles. The van der Waals surface area contributed by atoms with E-state index in [9.17, 15) is 5.11 Å². The number of ether oxygens (including phenoxy) is 1. The minimum atomic E-state index is -0.653. The molecule has 1 atom stereocenters. The number of aliphatic hydroxyl groups is 1. The lowest BCUT2D eigenvalue weighted by Crippen LogP contribution is -2.38. The molecule has 0 saturated heterocycles. The lowest BCUT2D eigenvalue weighted by atomic mass is 10.1. The summed E-state index contributed by atoms with van der Waals surface area (Å²) >= 11 is 7.29. The highest BCUT2D eigenvalue weighted by molar-refractivity contribution is 14.0. The zero-order valence-electron chi connectivity index (χ0n) is 15.8. The van der Waals surface area contributed by atoms with Crippen molar-refractivity contribution < 1.29 is 9.84 Å². The first-order valence-corrected chi connectivity index (χ1v) is 9.82. The fraction of sp³-hybridized carbons (Fsp3) is 0.421. The van der Waals surface area contributed by atoms with Gasteiger partial charge in [0.25, 0.3) is 0 Å². The molecule has 0 amide bonds. The van der Waals surface area contributed by atoms with Crippen molar-refractivity contribution in [3.8, 4) is 5.75 Å². The molecule has 0 fully saturated rings. The molecule has 0 radical (unpaired) electrons. The number of aryl methyl sites for hydroxylation is 1. The highest BCUT2D eigenvalue weighted by Gasteiger charge is 2.10. The van der Waals surface area contributed by atoms with Gasteiger partial charge in [-0.15, -0.1) is 35.3 Å². The van der Waals surface area contributed by atoms with Crippen LogP contribution < -0.4 is 15.4 Å². The predicted molar refractivity (Wildman–Crippen MR) is 125 cm³/mol. The molecule has 0 aliphatic rings. The van der Waals surface area contributed by atoms with Gasteiger partial charge >= 0.3 is 0 Å². The highest BCUT2D eigenvalue weighted by Crippen LogP contribution is 2.26. The van der Waals surface area contributed by atoms with E-state index < -0.39 is 6.10 Å². The van der Waals surface area contributed by atoms with Gasteiger partial charge in [-0.2, -0.15) is 0 Å². The van der Waals surface area contributed by atoms with Crippen LogP contribution in [0.3, 0.4) is 0 Å². The van der Waals surface area contributed by atoms with Gasteiger partial charge in [0.05, 0.1) is 18.0 Å². The quantitative estimate of drug-likeness (QED) is 0.276. The third-order valence-corrected chi connectivity index (χ3v) is 5.14. The van der Waals surface area contributed by atoms with Crippen LogP contribution in [0.4, 0.5) is 0 Å². The van der Waals surface area contributed by atoms with Crippen LogP contribution >= 0.6 is 46.9 Å². The minimum Gasteiger partial charge on any atom is -0.496 e. The fourth-order valence-electron chi connectivity index (χ4n) is 2.54. The summed E-state index contributed by atoms with van der Waals surface area (Å²) in [5, 5.41) is 16.7. The number of rotatable bonds is 8. The van der Waals surface area contributed by atoms with Crippen molar-refractivity contribution in [3.05, 3.63) is 50.7 Å². The van der Waals surface area contributed by atoms with Crippen molar-refractivity contribution in [1.82, 2.24) is 10.6 Å². The summed E-state index contributed by atoms with van der Waals surface area (Å²) in [6, 6.07) is 9.78. The summed E-state index contributed by atoms with van der Waals surface area (Å²) in [5.74, 6) is 1.57. The summed E-state index contributed by atoms with van der Waals surface area (Å²) in [6.07, 6.45) is 0.165. The van der Waals surface area contributed by atoms with E-state index in [1.54, 1.807) is 13.2 Å². The number of methoxy groups -OCH3 is 1. The number of halogens is 2. The van der Waals surface area contributed by atoms with Crippen LogP contribution in [0.2, 0.25) is 4.34 Å². The molecule has 0 bridgehead atoms. The van der Waals surface area contributed by atoms with Gasteiger partial charge in [-0.1, -0.05) is 29.3 Å². The molecular formula is C19H27ClIN3O2S. The Morgan fingerprint density at radius 3 is 2.70 bits per heavy atom. The lowest BCUT2D eigenvalue weighted by Gasteiger charge is -2.14. The SMILES string of the molecule is CCNC(=NCC(O)c1ccc(Cl)s1)NCCc1cc(C)ccc1OC.I. The van der Waals surface area contributed by atoms with Crippen LogP contribution in [0.25, 0.3) is 0 Å². The predicted octanol–water partition coefficient (Wildman–Crippen LogP) is 4.17. The average Bonchev–Trinajstić information content (AvgIpc) is 3.06. The normalized spacial score (nSPS) is 12.3. The van der Waals surface area contributed by atoms with Gasteiger partial charge in [-0.25, -0.2) is 0 Å². The van der Waals surface area contributed by atoms with E-state index in [1.807, 2.05) is 25.1 Å². The number of nitrogens with one attached hydrogen (secondary N) is 2. The first-order valence-electron chi connectivity index (χ1n) is 8.62. The van der Waals surface area contributed by atoms with E-state index in [0.717, 1.165) is 29.2 Å². The van der Waals surface area contributed by atoms with Crippen molar-refractivity contribution >= 4 is 52.9 Å². The smallest absolute Gasteiger partial charge is 0.191 e. The second kappa shape index (κ2) is 12.4. The van der Waals surface area contributed by atoms with Crippen LogP contribution in [0.1, 0.15) is 29.0 Å². The number of nitrogens with zero attached hydrogens (tertiary/aromatic N) is 1. The van der Waals surface area contributed by atoms with Crippen LogP contribution in [-0.4, -0.2) is 37.8 Å². The largest absolute Gasteiger partial charge is 0.496 e. The molecule has 0 saturated carbocycles. The van der Waals surface area contributed by atoms with E-state index >= 15 is 0 Å². The Morgan fingerprint density at radius 1 is 1.30 bits per heavy atom. The zero-order chi connectivity index (χ0) is 18.9. The molecule has 1 aromatic heterocycles. The number of benzene rings is 1. The van der Waals surface area contributed by atoms with Crippen LogP contribution in [0, 0.1) is 6.92 Å². The van der Waals surface area contributed by atoms with Gasteiger partial charge in [-0.3, -0.25) is 4.99 Å². The van der Waals surface area contributed by atoms with Gasteiger partial charge in [0, 0.05) is 18.0 Å². The van der Waals surface area contributed by atoms with Crippen molar-refractivity contribution in [2.75, 3.05) is 26.7 Å². The number of aliphatic hydroxyl groups excluding tert-OH is 1. The number of hydrogen-bond acceptors (Lipinski definition) is 4. The first-order chi connectivity index (χ1) is 12.5. The van der Waals surface area contributed by atoms with E-state index in [4.69, 9.17) is 16.3 Å². The molecule has 1 unspecified atom stereocenters. The van der Waals surface area contributed by atoms with Crippen LogP contribution in [-0.2, 0) is 6.42 Å². The Kier molecular flexibility index (Phi) is 11.1. The van der Waals surface area contributed by atoms with Crippen molar-refractivity contribution in [1.29, 1.82) is 0 Å². The topological polar surface area (TPSA) is 65.9 Å². The first kappa shape index (κ1) is 24.0. The number of hydrogen-bond donors (Lipinski definition) is 3. The molecule has 0 spiro atoms. The average molecular weight is 524 g/mol. The molecule has 5 nitrogen and oxygen atoms in total. The lowest BCUT2D eigenvalue weighted by molar-refractivity contribution is 0.191. The molecule has 1 heterocycles. The van der Waals surface area contributed by atoms with Crippen molar-refractivity contribution in [2.45, 2.75) is 26.4 Å². The summed E-state index contributed by atoms with van der Waals surface area (Å²) in [6.45, 7) is 5.82. The van der Waals surface area contributed by atoms with Crippen LogP contribution in [0.5, 0.6) is 5.75 Å². The van der Waals surface area contributed by atoms with Crippen molar-refractivity contribution in [2.24, 2.45) is 4.99 Å². The maximum absolute atomic E-state index is 10.2. The molecular weight excluding hydrogens is 497 g/mol. The van der Waals surface area contributed by atoms with E-state index in [0.29, 0.717) is 16.8 Å². The summed E-state index contributed by atoms with van der Waals surface area (Å²) in [7, 11) is 1.69. The Morgan fingerprint density at radius 2 is 2.07 bits per heavy atom. The van der Waals surface area contributed by atoms with Gasteiger partial charge in [0.2, 0.25) is 0 Å². The summed E-state index contributed by atoms with van der Waals surface area (Å²) < 4.78 is 6.09. The van der Waals surface area contributed by atoms with E-state index in [-0.39, 0.29) is 30.5 Å². The summed E-state index contributed by atoms with van der Waals surface area (Å²) in [4.78, 5) is 5.29. The second-order valence-corrected chi connectivity index (χ2v) is 7.62. The van der Waals surface area contributed by atoms with E-state index in [1.165, 1.54) is 16.9 Å². The van der Waals surface area contributed by atoms with Crippen LogP contribution in [0.15, 0.2) is 35.3 Å². The monoisotopic (exact) mass is 523 g/mol. The third kappa shape index (κ3) is 7.85. The molecule has 150 valence electrons. The Hall–Kier alpha value is -1.03. The standard InChI is InChI=1S/C19H26ClN3O2S.HI/c1-4-21-19(23-12-15(24)17-7-8-18(20)26-17)22-10-9-14-11-13(2)5-6-16(14)25-3;/h5-8,11,15,24H,4,9-10,12H2,1-3H3,(H2,21,22,23);1H. The summed E-state index contributed by atoms with van der Waals surface area (Å²) in [5.41, 5.74) is 2.36. The maximum atomic E-state index is 10.2. The Labute approximate surface area is 187 Å². The van der Waals surface area contributed by atoms with Gasteiger partial charge in [-0.05, 0) is 44.0 Å². The molecule has 8 heteroatoms. The number of thiophene rings is 1. The van der Waals surface area contributed by atoms with Gasteiger partial charge in [0.1, 0.15) is 11.9 Å². The molecule has 0 aliphatic heterocycles. The minimum absolute atomic E-state index is 0. The van der Waals surface area contributed by atoms with Gasteiger partial charge in [0.15, 0.2) is 5.96 Å². The Balaban J connectivity index is 0.00000364. The third-order valence-electron chi connectivity index (χ3n) is 3.81. The van der Waals surface area contributed by atoms with E-state index in [2.05, 4.69) is 28.6 Å².